The molecule has 0 bridgehead atoms. The van der Waals surface area contributed by atoms with Crippen molar-refractivity contribution >= 4 is 29.9 Å². The number of nitrogens with zero attached hydrogens (tertiary/aromatic N) is 3. The molecule has 3 N–H and O–H groups in total. The van der Waals surface area contributed by atoms with Gasteiger partial charge < -0.3 is 25.0 Å². The summed E-state index contributed by atoms with van der Waals surface area (Å²) in [6.07, 6.45) is 1.32. The van der Waals surface area contributed by atoms with Crippen molar-refractivity contribution in [2.24, 2.45) is 10.7 Å². The van der Waals surface area contributed by atoms with Crippen LogP contribution in [0, 0.1) is 5.82 Å². The van der Waals surface area contributed by atoms with Crippen LogP contribution in [-0.2, 0) is 13.0 Å². The van der Waals surface area contributed by atoms with Gasteiger partial charge in [0.05, 0.1) is 20.8 Å². The van der Waals surface area contributed by atoms with Crippen LogP contribution in [0.4, 0.5) is 4.39 Å². The second-order valence-electron chi connectivity index (χ2n) is 6.44. The number of nitrogens with one attached hydrogen (secondary N) is 1. The standard InChI is InChI=1S/C21H24FN5O3.HI/c1-28-17-10-5-14(12-18(17)29-2)13-25-21(23)24-11-3-4-19-26-20(27-30-19)15-6-8-16(22)9-7-15;/h5-10,12H,3-4,11,13H2,1-2H3,(H3,23,24,25);1H. The third-order valence-electron chi connectivity index (χ3n) is 4.32. The first-order chi connectivity index (χ1) is 14.6. The number of methoxy groups -OCH3 is 2. The number of hydrogen-bond donors (Lipinski definition) is 2. The van der Waals surface area contributed by atoms with Crippen LogP contribution >= 0.6 is 24.0 Å². The lowest BCUT2D eigenvalue weighted by Crippen LogP contribution is -2.32. The van der Waals surface area contributed by atoms with Gasteiger partial charge in [-0.1, -0.05) is 11.2 Å². The summed E-state index contributed by atoms with van der Waals surface area (Å²) < 4.78 is 28.7. The molecule has 0 fully saturated rings. The lowest BCUT2D eigenvalue weighted by molar-refractivity contribution is 0.354. The number of halogens is 2. The molecule has 0 amide bonds. The first-order valence-corrected chi connectivity index (χ1v) is 9.42. The third-order valence-corrected chi connectivity index (χ3v) is 4.32. The van der Waals surface area contributed by atoms with Gasteiger partial charge >= 0.3 is 0 Å². The average Bonchev–Trinajstić information content (AvgIpc) is 3.24. The molecule has 8 nitrogen and oxygen atoms in total. The molecule has 3 aromatic rings. The van der Waals surface area contributed by atoms with Gasteiger partial charge in [-0.25, -0.2) is 9.38 Å². The molecule has 0 radical (unpaired) electrons. The Bertz CT molecular complexity index is 995. The number of aromatic nitrogens is 2. The van der Waals surface area contributed by atoms with Crippen molar-refractivity contribution in [3.8, 4) is 22.9 Å². The maximum absolute atomic E-state index is 13.0. The van der Waals surface area contributed by atoms with E-state index in [4.69, 9.17) is 19.7 Å². The van der Waals surface area contributed by atoms with Gasteiger partial charge in [-0.15, -0.1) is 24.0 Å². The summed E-state index contributed by atoms with van der Waals surface area (Å²) in [5, 5.41) is 6.98. The van der Waals surface area contributed by atoms with Gasteiger partial charge in [0.25, 0.3) is 0 Å². The maximum Gasteiger partial charge on any atom is 0.227 e. The monoisotopic (exact) mass is 541 g/mol. The van der Waals surface area contributed by atoms with Gasteiger partial charge in [0.15, 0.2) is 17.5 Å². The first kappa shape index (κ1) is 24.4. The molecule has 3 rings (SSSR count). The minimum atomic E-state index is -0.307. The Labute approximate surface area is 197 Å². The molecule has 2 aromatic carbocycles. The Morgan fingerprint density at radius 3 is 2.58 bits per heavy atom. The zero-order chi connectivity index (χ0) is 21.3. The smallest absolute Gasteiger partial charge is 0.227 e. The van der Waals surface area contributed by atoms with Gasteiger partial charge in [0.2, 0.25) is 11.7 Å². The molecule has 0 unspecified atom stereocenters. The predicted octanol–water partition coefficient (Wildman–Crippen LogP) is 3.55. The highest BCUT2D eigenvalue weighted by Gasteiger charge is 2.09. The van der Waals surface area contributed by atoms with Gasteiger partial charge in [-0.2, -0.15) is 4.98 Å². The topological polar surface area (TPSA) is 108 Å². The largest absolute Gasteiger partial charge is 0.493 e. The van der Waals surface area contributed by atoms with E-state index in [0.29, 0.717) is 54.2 Å². The molecular formula is C21H25FIN5O3. The second kappa shape index (κ2) is 12.1. The second-order valence-corrected chi connectivity index (χ2v) is 6.44. The molecule has 1 heterocycles. The van der Waals surface area contributed by atoms with Crippen LogP contribution in [0.25, 0.3) is 11.4 Å². The van der Waals surface area contributed by atoms with Crippen molar-refractivity contribution in [1.29, 1.82) is 0 Å². The van der Waals surface area contributed by atoms with Crippen molar-refractivity contribution < 1.29 is 18.4 Å². The minimum Gasteiger partial charge on any atom is -0.493 e. The van der Waals surface area contributed by atoms with Crippen LogP contribution in [0.5, 0.6) is 11.5 Å². The molecule has 0 saturated carbocycles. The lowest BCUT2D eigenvalue weighted by atomic mass is 10.2. The zero-order valence-electron chi connectivity index (χ0n) is 17.3. The molecule has 0 saturated heterocycles. The van der Waals surface area contributed by atoms with Crippen LogP contribution in [0.3, 0.4) is 0 Å². The number of rotatable bonds is 9. The summed E-state index contributed by atoms with van der Waals surface area (Å²) in [6, 6.07) is 11.6. The molecule has 31 heavy (non-hydrogen) atoms. The third kappa shape index (κ3) is 7.09. The van der Waals surface area contributed by atoms with E-state index >= 15 is 0 Å². The average molecular weight is 541 g/mol. The predicted molar refractivity (Wildman–Crippen MR) is 126 cm³/mol. The van der Waals surface area contributed by atoms with Gasteiger partial charge in [-0.3, -0.25) is 0 Å². The van der Waals surface area contributed by atoms with Crippen LogP contribution in [0.1, 0.15) is 17.9 Å². The molecule has 0 atom stereocenters. The van der Waals surface area contributed by atoms with E-state index in [1.165, 1.54) is 12.1 Å². The first-order valence-electron chi connectivity index (χ1n) is 9.42. The number of hydrogen-bond acceptors (Lipinski definition) is 6. The van der Waals surface area contributed by atoms with E-state index in [0.717, 1.165) is 12.0 Å². The van der Waals surface area contributed by atoms with Crippen molar-refractivity contribution in [3.63, 3.8) is 0 Å². The van der Waals surface area contributed by atoms with Crippen LogP contribution in [0.2, 0.25) is 0 Å². The van der Waals surface area contributed by atoms with Crippen molar-refractivity contribution in [1.82, 2.24) is 15.5 Å². The Kier molecular flexibility index (Phi) is 9.50. The van der Waals surface area contributed by atoms with E-state index < -0.39 is 0 Å². The summed E-state index contributed by atoms with van der Waals surface area (Å²) in [7, 11) is 3.18. The Morgan fingerprint density at radius 1 is 1.13 bits per heavy atom. The number of aliphatic imine (C=N–C) groups is 1. The highest BCUT2D eigenvalue weighted by molar-refractivity contribution is 14.0. The van der Waals surface area contributed by atoms with E-state index in [-0.39, 0.29) is 29.8 Å². The zero-order valence-corrected chi connectivity index (χ0v) is 19.6. The van der Waals surface area contributed by atoms with Crippen molar-refractivity contribution in [2.75, 3.05) is 20.8 Å². The van der Waals surface area contributed by atoms with Crippen LogP contribution in [-0.4, -0.2) is 36.9 Å². The quantitative estimate of drug-likeness (QED) is 0.185. The SMILES string of the molecule is COc1ccc(CN=C(N)NCCCc2nc(-c3ccc(F)cc3)no2)cc1OC.I. The summed E-state index contributed by atoms with van der Waals surface area (Å²) in [5.74, 6) is 2.31. The minimum absolute atomic E-state index is 0. The van der Waals surface area contributed by atoms with Gasteiger partial charge in [0, 0.05) is 18.5 Å². The fourth-order valence-corrected chi connectivity index (χ4v) is 2.74. The Morgan fingerprint density at radius 2 is 1.87 bits per heavy atom. The van der Waals surface area contributed by atoms with Crippen molar-refractivity contribution in [2.45, 2.75) is 19.4 Å². The molecule has 10 heteroatoms. The highest BCUT2D eigenvalue weighted by atomic mass is 127. The van der Waals surface area contributed by atoms with Gasteiger partial charge in [-0.05, 0) is 48.4 Å². The molecular weight excluding hydrogens is 516 g/mol. The lowest BCUT2D eigenvalue weighted by Gasteiger charge is -2.09. The maximum atomic E-state index is 13.0. The Balaban J connectivity index is 0.00000341. The van der Waals surface area contributed by atoms with E-state index in [9.17, 15) is 4.39 Å². The summed E-state index contributed by atoms with van der Waals surface area (Å²) in [5.41, 5.74) is 7.58. The summed E-state index contributed by atoms with van der Waals surface area (Å²) in [6.45, 7) is 1.03. The molecule has 0 spiro atoms. The molecule has 1 aromatic heterocycles. The highest BCUT2D eigenvalue weighted by Crippen LogP contribution is 2.27. The van der Waals surface area contributed by atoms with E-state index in [1.54, 1.807) is 26.4 Å². The Hall–Kier alpha value is -2.89. The number of guanidine groups is 1. The number of aryl methyl sites for hydroxylation is 1. The molecule has 0 aliphatic rings. The molecule has 0 aliphatic heterocycles. The van der Waals surface area contributed by atoms with E-state index in [2.05, 4.69) is 20.4 Å². The van der Waals surface area contributed by atoms with Gasteiger partial charge in [0.1, 0.15) is 5.82 Å². The van der Waals surface area contributed by atoms with E-state index in [1.807, 2.05) is 18.2 Å². The van der Waals surface area contributed by atoms with Crippen molar-refractivity contribution in [3.05, 3.63) is 59.7 Å². The van der Waals surface area contributed by atoms with Crippen LogP contribution in [0.15, 0.2) is 52.0 Å². The fourth-order valence-electron chi connectivity index (χ4n) is 2.74. The number of nitrogens with two attached hydrogens (primary N) is 1. The summed E-state index contributed by atoms with van der Waals surface area (Å²) in [4.78, 5) is 8.65. The number of ether oxygens (including phenoxy) is 2. The molecule has 0 aliphatic carbocycles. The summed E-state index contributed by atoms with van der Waals surface area (Å²) >= 11 is 0. The van der Waals surface area contributed by atoms with Crippen LogP contribution < -0.4 is 20.5 Å². The molecule has 166 valence electrons. The fraction of sp³-hybridized carbons (Fsp3) is 0.286. The number of benzene rings is 2. The normalized spacial score (nSPS) is 11.0.